The van der Waals surface area contributed by atoms with Crippen LogP contribution in [0.1, 0.15) is 12.8 Å². The summed E-state index contributed by atoms with van der Waals surface area (Å²) >= 11 is 0. The van der Waals surface area contributed by atoms with Crippen LogP contribution in [0, 0.1) is 11.7 Å². The second-order valence-electron chi connectivity index (χ2n) is 8.70. The van der Waals surface area contributed by atoms with Gasteiger partial charge in [-0.3, -0.25) is 4.79 Å². The van der Waals surface area contributed by atoms with E-state index in [-0.39, 0.29) is 23.2 Å². The molecule has 33 heavy (non-hydrogen) atoms. The maximum atomic E-state index is 14.8. The number of aromatic nitrogens is 3. The minimum atomic E-state index is -3.12. The van der Waals surface area contributed by atoms with E-state index in [1.165, 1.54) is 4.57 Å². The number of pyridine rings is 1. The smallest absolute Gasteiger partial charge is 0.301 e. The van der Waals surface area contributed by atoms with E-state index in [1.807, 2.05) is 0 Å². The minimum absolute atomic E-state index is 0.0319. The van der Waals surface area contributed by atoms with Crippen LogP contribution in [0.5, 0.6) is 5.75 Å². The molecule has 2 aromatic heterocycles. The first-order valence-corrected chi connectivity index (χ1v) is 10.6. The van der Waals surface area contributed by atoms with Crippen molar-refractivity contribution >= 4 is 34.0 Å². The summed E-state index contributed by atoms with van der Waals surface area (Å²) in [5.41, 5.74) is 0.710. The van der Waals surface area contributed by atoms with Crippen molar-refractivity contribution in [2.24, 2.45) is 13.0 Å². The summed E-state index contributed by atoms with van der Waals surface area (Å²) in [7, 11) is 5.03. The van der Waals surface area contributed by atoms with Crippen LogP contribution < -0.4 is 25.8 Å². The molecule has 8 nitrogen and oxygen atoms in total. The Kier molecular flexibility index (Phi) is 4.87. The lowest BCUT2D eigenvalue weighted by molar-refractivity contribution is -0.0579. The molecule has 0 spiro atoms. The minimum Gasteiger partial charge on any atom is -0.480 e. The van der Waals surface area contributed by atoms with Gasteiger partial charge < -0.3 is 24.8 Å². The molecule has 174 valence electrons. The summed E-state index contributed by atoms with van der Waals surface area (Å²) < 4.78 is 50.6. The Morgan fingerprint density at radius 3 is 2.76 bits per heavy atom. The number of hydrogen-bond donors (Lipinski definition) is 2. The molecule has 1 fully saturated rings. The first-order chi connectivity index (χ1) is 15.7. The highest BCUT2D eigenvalue weighted by Gasteiger charge is 2.51. The molecule has 1 unspecified atom stereocenters. The van der Waals surface area contributed by atoms with Gasteiger partial charge in [-0.2, -0.15) is 4.98 Å². The van der Waals surface area contributed by atoms with Crippen LogP contribution in [-0.2, 0) is 7.05 Å². The molecule has 11 heteroatoms. The van der Waals surface area contributed by atoms with Crippen molar-refractivity contribution in [2.45, 2.75) is 24.8 Å². The normalized spacial score (nSPS) is 19.3. The molecule has 0 radical (unpaired) electrons. The van der Waals surface area contributed by atoms with Gasteiger partial charge in [-0.05, 0) is 37.0 Å². The third-order valence-electron chi connectivity index (χ3n) is 6.00. The molecule has 0 bridgehead atoms. The maximum absolute atomic E-state index is 14.8. The Morgan fingerprint density at radius 2 is 2.06 bits per heavy atom. The molecule has 1 aliphatic heterocycles. The number of benzene rings is 1. The number of nitrogens with zero attached hydrogens (tertiary/aromatic N) is 4. The fourth-order valence-electron chi connectivity index (χ4n) is 4.08. The van der Waals surface area contributed by atoms with E-state index in [0.717, 1.165) is 6.20 Å². The fraction of sp³-hybridized carbons (Fsp3) is 0.409. The lowest BCUT2D eigenvalue weighted by Gasteiger charge is -2.25. The van der Waals surface area contributed by atoms with E-state index < -0.39 is 29.9 Å². The molecule has 1 atom stereocenters. The van der Waals surface area contributed by atoms with Crippen LogP contribution in [0.4, 0.5) is 36.3 Å². The van der Waals surface area contributed by atoms with Gasteiger partial charge in [0.15, 0.2) is 18.2 Å². The number of halogens is 3. The number of fused-ring (bicyclic) bond motifs is 3. The van der Waals surface area contributed by atoms with E-state index in [4.69, 9.17) is 4.74 Å². The van der Waals surface area contributed by atoms with Gasteiger partial charge in [0.2, 0.25) is 11.7 Å². The average molecular weight is 460 g/mol. The molecule has 3 aromatic rings. The van der Waals surface area contributed by atoms with Gasteiger partial charge in [0.1, 0.15) is 0 Å². The molecule has 1 saturated carbocycles. The molecule has 0 amide bonds. The largest absolute Gasteiger partial charge is 0.480 e. The average Bonchev–Trinajstić information content (AvgIpc) is 3.61. The third-order valence-corrected chi connectivity index (χ3v) is 6.00. The Balaban J connectivity index is 1.62. The third kappa shape index (κ3) is 3.70. The van der Waals surface area contributed by atoms with Crippen molar-refractivity contribution in [3.63, 3.8) is 0 Å². The van der Waals surface area contributed by atoms with Crippen LogP contribution in [0.15, 0.2) is 29.2 Å². The van der Waals surface area contributed by atoms with Crippen LogP contribution in [0.25, 0.3) is 10.9 Å². The van der Waals surface area contributed by atoms with Gasteiger partial charge >= 0.3 is 5.92 Å². The second kappa shape index (κ2) is 7.53. The Morgan fingerprint density at radius 1 is 1.30 bits per heavy atom. The molecule has 0 saturated heterocycles. The first kappa shape index (κ1) is 21.4. The molecule has 1 aromatic carbocycles. The van der Waals surface area contributed by atoms with Crippen LogP contribution in [-0.4, -0.2) is 47.2 Å². The number of nitrogens with one attached hydrogen (secondary N) is 2. The van der Waals surface area contributed by atoms with Crippen LogP contribution in [0.3, 0.4) is 0 Å². The lowest BCUT2D eigenvalue weighted by Crippen LogP contribution is -2.44. The predicted molar refractivity (Wildman–Crippen MR) is 119 cm³/mol. The quantitative estimate of drug-likeness (QED) is 0.617. The number of alkyl halides is 2. The molecular formula is C22H23F3N6O2. The second-order valence-corrected chi connectivity index (χ2v) is 8.70. The van der Waals surface area contributed by atoms with Gasteiger partial charge in [0.25, 0.3) is 5.56 Å². The molecular weight excluding hydrogens is 437 g/mol. The van der Waals surface area contributed by atoms with E-state index in [1.54, 1.807) is 44.2 Å². The van der Waals surface area contributed by atoms with Crippen LogP contribution >= 0.6 is 0 Å². The van der Waals surface area contributed by atoms with E-state index in [9.17, 15) is 18.0 Å². The Hall–Kier alpha value is -3.50. The fourth-order valence-corrected chi connectivity index (χ4v) is 4.08. The Labute approximate surface area is 187 Å². The molecule has 1 aliphatic carbocycles. The zero-order chi connectivity index (χ0) is 23.5. The summed E-state index contributed by atoms with van der Waals surface area (Å²) in [6.45, 7) is -0.869. The highest BCUT2D eigenvalue weighted by atomic mass is 19.3. The SMILES string of the molecule is CN(C)c1ncc(F)c(Nc2ccc3c(c2)c2c(c(=O)n3C)OCC(F)(F)C(C3CC3)N2)n1. The number of aryl methyl sites for hydroxylation is 1. The van der Waals surface area contributed by atoms with Gasteiger partial charge in [-0.25, -0.2) is 18.2 Å². The Bertz CT molecular complexity index is 1310. The topological polar surface area (TPSA) is 84.3 Å². The lowest BCUT2D eigenvalue weighted by atomic mass is 10.0. The van der Waals surface area contributed by atoms with Gasteiger partial charge in [-0.1, -0.05) is 0 Å². The highest BCUT2D eigenvalue weighted by Crippen LogP contribution is 2.45. The standard InChI is InChI=1S/C22H23F3N6O2/c1-30(2)21-26-9-14(23)19(29-21)27-12-6-7-15-13(8-12)16-17(20(32)31(15)3)33-10-22(24,25)18(28-16)11-4-5-11/h6-9,11,18,28H,4-5,10H2,1-3H3,(H,26,27,29). The number of hydrogen-bond acceptors (Lipinski definition) is 7. The van der Waals surface area contributed by atoms with Crippen molar-refractivity contribution in [1.29, 1.82) is 0 Å². The zero-order valence-corrected chi connectivity index (χ0v) is 18.3. The van der Waals surface area contributed by atoms with Crippen molar-refractivity contribution in [3.8, 4) is 5.75 Å². The van der Waals surface area contributed by atoms with Crippen molar-refractivity contribution in [1.82, 2.24) is 14.5 Å². The van der Waals surface area contributed by atoms with Gasteiger partial charge in [-0.15, -0.1) is 0 Å². The van der Waals surface area contributed by atoms with Crippen molar-refractivity contribution in [3.05, 3.63) is 40.6 Å². The summed E-state index contributed by atoms with van der Waals surface area (Å²) in [5, 5.41) is 6.35. The molecule has 5 rings (SSSR count). The first-order valence-electron chi connectivity index (χ1n) is 10.6. The predicted octanol–water partition coefficient (Wildman–Crippen LogP) is 3.50. The van der Waals surface area contributed by atoms with Crippen molar-refractivity contribution in [2.75, 3.05) is 36.2 Å². The maximum Gasteiger partial charge on any atom is 0.301 e. The summed E-state index contributed by atoms with van der Waals surface area (Å²) in [6.07, 6.45) is 2.46. The summed E-state index contributed by atoms with van der Waals surface area (Å²) in [6, 6.07) is 3.86. The van der Waals surface area contributed by atoms with E-state index in [0.29, 0.717) is 35.4 Å². The number of anilines is 4. The number of ether oxygens (including phenoxy) is 1. The summed E-state index contributed by atoms with van der Waals surface area (Å²) in [5.74, 6) is -3.81. The van der Waals surface area contributed by atoms with E-state index in [2.05, 4.69) is 20.6 Å². The zero-order valence-electron chi connectivity index (χ0n) is 18.3. The molecule has 2 aliphatic rings. The van der Waals surface area contributed by atoms with E-state index >= 15 is 0 Å². The van der Waals surface area contributed by atoms with Gasteiger partial charge in [0, 0.05) is 32.2 Å². The number of rotatable bonds is 4. The summed E-state index contributed by atoms with van der Waals surface area (Å²) in [4.78, 5) is 22.6. The van der Waals surface area contributed by atoms with Gasteiger partial charge in [0.05, 0.1) is 23.4 Å². The van der Waals surface area contributed by atoms with Crippen molar-refractivity contribution < 1.29 is 17.9 Å². The monoisotopic (exact) mass is 460 g/mol. The van der Waals surface area contributed by atoms with Crippen LogP contribution in [0.2, 0.25) is 0 Å². The molecule has 2 N–H and O–H groups in total. The molecule has 3 heterocycles. The highest BCUT2D eigenvalue weighted by molar-refractivity contribution is 5.97.